The molecule has 0 rings (SSSR count). The van der Waals surface area contributed by atoms with E-state index in [0.717, 1.165) is 12.0 Å². The van der Waals surface area contributed by atoms with Gasteiger partial charge in [0, 0.05) is 19.2 Å². The zero-order valence-corrected chi connectivity index (χ0v) is 8.72. The molecule has 0 saturated heterocycles. The lowest BCUT2D eigenvalue weighted by molar-refractivity contribution is -0.126. The summed E-state index contributed by atoms with van der Waals surface area (Å²) in [7, 11) is 1.83. The molecule has 0 atom stereocenters. The fourth-order valence-electron chi connectivity index (χ4n) is 0.669. The van der Waals surface area contributed by atoms with Crippen molar-refractivity contribution in [3.8, 4) is 0 Å². The molecule has 70 valence electrons. The van der Waals surface area contributed by atoms with E-state index in [1.807, 2.05) is 27.8 Å². The van der Waals surface area contributed by atoms with E-state index < -0.39 is 0 Å². The molecule has 0 fully saturated rings. The van der Waals surface area contributed by atoms with Crippen molar-refractivity contribution in [1.82, 2.24) is 4.90 Å². The van der Waals surface area contributed by atoms with Crippen molar-refractivity contribution in [2.24, 2.45) is 0 Å². The summed E-state index contributed by atoms with van der Waals surface area (Å²) < 4.78 is 0. The number of amides is 1. The number of allylic oxidation sites excluding steroid dienone is 1. The van der Waals surface area contributed by atoms with Crippen LogP contribution in [0.2, 0.25) is 0 Å². The van der Waals surface area contributed by atoms with Crippen LogP contribution in [-0.4, -0.2) is 23.9 Å². The highest BCUT2D eigenvalue weighted by atomic mass is 16.2. The monoisotopic (exact) mass is 169 g/mol. The summed E-state index contributed by atoms with van der Waals surface area (Å²) in [5.74, 6) is 0.101. The van der Waals surface area contributed by atoms with Gasteiger partial charge in [0.2, 0.25) is 5.91 Å². The second-order valence-electron chi connectivity index (χ2n) is 3.39. The van der Waals surface area contributed by atoms with E-state index in [2.05, 4.69) is 6.92 Å². The van der Waals surface area contributed by atoms with E-state index in [4.69, 9.17) is 0 Å². The van der Waals surface area contributed by atoms with Gasteiger partial charge in [-0.1, -0.05) is 12.5 Å². The lowest BCUT2D eigenvalue weighted by Crippen LogP contribution is -2.31. The fraction of sp³-hybridized carbons (Fsp3) is 0.700. The summed E-state index contributed by atoms with van der Waals surface area (Å²) in [6.07, 6.45) is 2.65. The highest BCUT2D eigenvalue weighted by molar-refractivity contribution is 5.88. The molecular formula is C10H19NO. The molecule has 0 radical (unpaired) electrons. The van der Waals surface area contributed by atoms with E-state index in [9.17, 15) is 4.79 Å². The van der Waals surface area contributed by atoms with E-state index in [0.29, 0.717) is 0 Å². The maximum atomic E-state index is 11.4. The van der Waals surface area contributed by atoms with Crippen LogP contribution in [0.1, 0.15) is 34.1 Å². The van der Waals surface area contributed by atoms with Crippen LogP contribution in [0.5, 0.6) is 0 Å². The smallest absolute Gasteiger partial charge is 0.246 e. The maximum Gasteiger partial charge on any atom is 0.246 e. The Labute approximate surface area is 75.3 Å². The summed E-state index contributed by atoms with van der Waals surface area (Å²) in [6, 6.07) is 0.276. The van der Waals surface area contributed by atoms with Crippen molar-refractivity contribution in [3.05, 3.63) is 11.6 Å². The number of hydrogen-bond donors (Lipinski definition) is 0. The first-order chi connectivity index (χ1) is 5.49. The third kappa shape index (κ3) is 3.56. The quantitative estimate of drug-likeness (QED) is 0.593. The Bertz CT molecular complexity index is 182. The van der Waals surface area contributed by atoms with Gasteiger partial charge < -0.3 is 4.90 Å². The minimum Gasteiger partial charge on any atom is -0.340 e. The SMILES string of the molecule is CC/C(C)=C\C(=O)N(C)C(C)C. The molecule has 2 nitrogen and oxygen atoms in total. The van der Waals surface area contributed by atoms with Crippen molar-refractivity contribution in [3.63, 3.8) is 0 Å². The van der Waals surface area contributed by atoms with E-state index in [-0.39, 0.29) is 11.9 Å². The average Bonchev–Trinajstić information content (AvgIpc) is 2.02. The Kier molecular flexibility index (Phi) is 4.64. The summed E-state index contributed by atoms with van der Waals surface area (Å²) in [4.78, 5) is 13.1. The van der Waals surface area contributed by atoms with Crippen LogP contribution in [0.3, 0.4) is 0 Å². The number of carbonyl (C=O) groups excluding carboxylic acids is 1. The van der Waals surface area contributed by atoms with Crippen molar-refractivity contribution in [1.29, 1.82) is 0 Å². The first-order valence-corrected chi connectivity index (χ1v) is 4.43. The van der Waals surface area contributed by atoms with Crippen LogP contribution in [0.25, 0.3) is 0 Å². The van der Waals surface area contributed by atoms with E-state index in [1.54, 1.807) is 11.0 Å². The zero-order chi connectivity index (χ0) is 9.72. The molecule has 1 amide bonds. The molecule has 0 N–H and O–H groups in total. The highest BCUT2D eigenvalue weighted by Crippen LogP contribution is 2.01. The molecule has 12 heavy (non-hydrogen) atoms. The average molecular weight is 169 g/mol. The van der Waals surface area contributed by atoms with Gasteiger partial charge in [-0.25, -0.2) is 0 Å². The van der Waals surface area contributed by atoms with Gasteiger partial charge in [0.05, 0.1) is 0 Å². The van der Waals surface area contributed by atoms with Crippen LogP contribution in [0.4, 0.5) is 0 Å². The number of likely N-dealkylation sites (N-methyl/N-ethyl adjacent to an activating group) is 1. The van der Waals surface area contributed by atoms with Crippen LogP contribution in [0, 0.1) is 0 Å². The van der Waals surface area contributed by atoms with E-state index in [1.165, 1.54) is 0 Å². The molecular weight excluding hydrogens is 150 g/mol. The molecule has 0 aromatic heterocycles. The summed E-state index contributed by atoms with van der Waals surface area (Å²) >= 11 is 0. The van der Waals surface area contributed by atoms with Gasteiger partial charge in [0.15, 0.2) is 0 Å². The largest absolute Gasteiger partial charge is 0.340 e. The van der Waals surface area contributed by atoms with Gasteiger partial charge in [-0.05, 0) is 27.2 Å². The topological polar surface area (TPSA) is 20.3 Å². The van der Waals surface area contributed by atoms with Crippen molar-refractivity contribution in [2.45, 2.75) is 40.2 Å². The molecule has 0 aliphatic rings. The summed E-state index contributed by atoms with van der Waals surface area (Å²) in [6.45, 7) is 8.04. The second-order valence-corrected chi connectivity index (χ2v) is 3.39. The molecule has 0 saturated carbocycles. The minimum atomic E-state index is 0.101. The second kappa shape index (κ2) is 4.96. The van der Waals surface area contributed by atoms with Crippen molar-refractivity contribution < 1.29 is 4.79 Å². The molecule has 0 aliphatic carbocycles. The fourth-order valence-corrected chi connectivity index (χ4v) is 0.669. The Morgan fingerprint density at radius 1 is 1.50 bits per heavy atom. The van der Waals surface area contributed by atoms with Crippen LogP contribution < -0.4 is 0 Å². The number of nitrogens with zero attached hydrogens (tertiary/aromatic N) is 1. The normalized spacial score (nSPS) is 12.0. The van der Waals surface area contributed by atoms with Crippen molar-refractivity contribution >= 4 is 5.91 Å². The third-order valence-corrected chi connectivity index (χ3v) is 2.05. The summed E-state index contributed by atoms with van der Waals surface area (Å²) in [5.41, 5.74) is 1.13. The molecule has 2 heteroatoms. The standard InChI is InChI=1S/C10H19NO/c1-6-9(4)7-10(12)11(5)8(2)3/h7-8H,6H2,1-5H3/b9-7-. The van der Waals surface area contributed by atoms with Gasteiger partial charge in [-0.15, -0.1) is 0 Å². The molecule has 0 aliphatic heterocycles. The van der Waals surface area contributed by atoms with Gasteiger partial charge in [0.1, 0.15) is 0 Å². The predicted molar refractivity (Wildman–Crippen MR) is 52.0 cm³/mol. The molecule has 0 aromatic carbocycles. The summed E-state index contributed by atoms with van der Waals surface area (Å²) in [5, 5.41) is 0. The van der Waals surface area contributed by atoms with E-state index >= 15 is 0 Å². The Hall–Kier alpha value is -0.790. The lowest BCUT2D eigenvalue weighted by atomic mass is 10.2. The number of rotatable bonds is 3. The van der Waals surface area contributed by atoms with Gasteiger partial charge in [-0.2, -0.15) is 0 Å². The first-order valence-electron chi connectivity index (χ1n) is 4.43. The zero-order valence-electron chi connectivity index (χ0n) is 8.72. The Morgan fingerprint density at radius 3 is 2.33 bits per heavy atom. The van der Waals surface area contributed by atoms with Crippen LogP contribution in [-0.2, 0) is 4.79 Å². The number of hydrogen-bond acceptors (Lipinski definition) is 1. The lowest BCUT2D eigenvalue weighted by Gasteiger charge is -2.19. The molecule has 0 unspecified atom stereocenters. The molecule has 0 aromatic rings. The molecule has 0 heterocycles. The maximum absolute atomic E-state index is 11.4. The molecule has 0 bridgehead atoms. The Morgan fingerprint density at radius 2 is 2.00 bits per heavy atom. The van der Waals surface area contributed by atoms with Gasteiger partial charge in [0.25, 0.3) is 0 Å². The highest BCUT2D eigenvalue weighted by Gasteiger charge is 2.08. The predicted octanol–water partition coefficient (Wildman–Crippen LogP) is 2.21. The minimum absolute atomic E-state index is 0.101. The van der Waals surface area contributed by atoms with Gasteiger partial charge >= 0.3 is 0 Å². The first kappa shape index (κ1) is 11.2. The van der Waals surface area contributed by atoms with Crippen molar-refractivity contribution in [2.75, 3.05) is 7.05 Å². The van der Waals surface area contributed by atoms with Crippen LogP contribution in [0.15, 0.2) is 11.6 Å². The van der Waals surface area contributed by atoms with Crippen LogP contribution >= 0.6 is 0 Å². The Balaban J connectivity index is 4.22. The molecule has 0 spiro atoms. The van der Waals surface area contributed by atoms with Gasteiger partial charge in [-0.3, -0.25) is 4.79 Å². The number of carbonyl (C=O) groups is 1. The third-order valence-electron chi connectivity index (χ3n) is 2.05.